The number of nitrogens with two attached hydrogens (primary N) is 1. The van der Waals surface area contributed by atoms with Crippen molar-refractivity contribution < 1.29 is 4.74 Å². The summed E-state index contributed by atoms with van der Waals surface area (Å²) in [6, 6.07) is 0.281. The van der Waals surface area contributed by atoms with E-state index in [2.05, 4.69) is 16.7 Å². The van der Waals surface area contributed by atoms with E-state index in [-0.39, 0.29) is 6.02 Å². The van der Waals surface area contributed by atoms with Crippen LogP contribution in [-0.2, 0) is 4.74 Å². The van der Waals surface area contributed by atoms with Gasteiger partial charge in [0.15, 0.2) is 0 Å². The Morgan fingerprint density at radius 2 is 2.33 bits per heavy atom. The Morgan fingerprint density at radius 1 is 1.67 bits per heavy atom. The molecule has 0 unspecified atom stereocenters. The van der Waals surface area contributed by atoms with Crippen LogP contribution in [0.3, 0.4) is 0 Å². The molecule has 0 bridgehead atoms. The van der Waals surface area contributed by atoms with Gasteiger partial charge in [-0.3, -0.25) is 0 Å². The Hall–Kier alpha value is -0.730. The van der Waals surface area contributed by atoms with Crippen molar-refractivity contribution in [3.8, 4) is 0 Å². The lowest BCUT2D eigenvalue weighted by Gasteiger charge is -1.95. The molecule has 0 amide bonds. The van der Waals surface area contributed by atoms with E-state index in [0.29, 0.717) is 0 Å². The highest BCUT2D eigenvalue weighted by molar-refractivity contribution is 5.70. The largest absolute Gasteiger partial charge is 0.469 e. The van der Waals surface area contributed by atoms with Crippen molar-refractivity contribution >= 4 is 6.02 Å². The van der Waals surface area contributed by atoms with Gasteiger partial charge in [0.05, 0.1) is 7.11 Å². The average molecular weight is 130 g/mol. The predicted octanol–water partition coefficient (Wildman–Crippen LogP) is 0.748. The molecule has 0 aromatic rings. The van der Waals surface area contributed by atoms with Gasteiger partial charge < -0.3 is 10.5 Å². The normalized spacial score (nSPS) is 11.6. The molecule has 54 valence electrons. The highest BCUT2D eigenvalue weighted by atomic mass is 16.5. The molecule has 0 fully saturated rings. The number of hydrogen-bond acceptors (Lipinski definition) is 2. The standard InChI is InChI=1S/C6H14N2O/c1-3-4-5-8-6(7)9-2/h3-5H2,1-2H3,(H2,7,8). The first-order chi connectivity index (χ1) is 4.31. The molecule has 2 N–H and O–H groups in total. The minimum Gasteiger partial charge on any atom is -0.469 e. The summed E-state index contributed by atoms with van der Waals surface area (Å²) in [6.45, 7) is 2.88. The van der Waals surface area contributed by atoms with Crippen LogP contribution in [0.25, 0.3) is 0 Å². The molecule has 0 saturated heterocycles. The van der Waals surface area contributed by atoms with Crippen molar-refractivity contribution in [3.05, 3.63) is 0 Å². The van der Waals surface area contributed by atoms with Crippen molar-refractivity contribution in [1.29, 1.82) is 0 Å². The minimum absolute atomic E-state index is 0.281. The molecule has 3 nitrogen and oxygen atoms in total. The van der Waals surface area contributed by atoms with Crippen LogP contribution >= 0.6 is 0 Å². The summed E-state index contributed by atoms with van der Waals surface area (Å²) in [5, 5.41) is 0. The number of methoxy groups -OCH3 is 1. The van der Waals surface area contributed by atoms with Gasteiger partial charge in [0.25, 0.3) is 6.02 Å². The Labute approximate surface area is 55.9 Å². The summed E-state index contributed by atoms with van der Waals surface area (Å²) in [6.07, 6.45) is 2.21. The highest BCUT2D eigenvalue weighted by Gasteiger charge is 1.84. The van der Waals surface area contributed by atoms with Crippen LogP contribution in [0, 0.1) is 0 Å². The Bertz CT molecular complexity index is 91.1. The van der Waals surface area contributed by atoms with Crippen LogP contribution in [0.1, 0.15) is 19.8 Å². The quantitative estimate of drug-likeness (QED) is 0.348. The molecule has 0 heterocycles. The third-order valence-corrected chi connectivity index (χ3v) is 0.988. The molecule has 0 aromatic heterocycles. The van der Waals surface area contributed by atoms with E-state index in [1.54, 1.807) is 0 Å². The Morgan fingerprint density at radius 3 is 2.78 bits per heavy atom. The van der Waals surface area contributed by atoms with Crippen LogP contribution in [0.4, 0.5) is 0 Å². The molecule has 0 rings (SSSR count). The fraction of sp³-hybridized carbons (Fsp3) is 0.833. The van der Waals surface area contributed by atoms with E-state index in [0.717, 1.165) is 19.4 Å². The number of ether oxygens (including phenoxy) is 1. The van der Waals surface area contributed by atoms with E-state index in [1.807, 2.05) is 0 Å². The zero-order valence-corrected chi connectivity index (χ0v) is 6.05. The third kappa shape index (κ3) is 5.14. The summed E-state index contributed by atoms with van der Waals surface area (Å²) in [4.78, 5) is 3.90. The second-order valence-electron chi connectivity index (χ2n) is 1.78. The monoisotopic (exact) mass is 130 g/mol. The lowest BCUT2D eigenvalue weighted by molar-refractivity contribution is 0.394. The fourth-order valence-electron chi connectivity index (χ4n) is 0.412. The van der Waals surface area contributed by atoms with E-state index >= 15 is 0 Å². The van der Waals surface area contributed by atoms with Gasteiger partial charge >= 0.3 is 0 Å². The predicted molar refractivity (Wildman–Crippen MR) is 38.4 cm³/mol. The zero-order chi connectivity index (χ0) is 7.11. The van der Waals surface area contributed by atoms with Crippen molar-refractivity contribution in [2.75, 3.05) is 13.7 Å². The van der Waals surface area contributed by atoms with Gasteiger partial charge in [0.1, 0.15) is 0 Å². The lowest BCUT2D eigenvalue weighted by Crippen LogP contribution is -2.13. The van der Waals surface area contributed by atoms with Crippen LogP contribution in [0.2, 0.25) is 0 Å². The summed E-state index contributed by atoms with van der Waals surface area (Å²) < 4.78 is 4.62. The molecule has 0 aliphatic heterocycles. The van der Waals surface area contributed by atoms with Gasteiger partial charge in [-0.15, -0.1) is 0 Å². The molecule has 9 heavy (non-hydrogen) atoms. The molecule has 0 saturated carbocycles. The molecule has 0 radical (unpaired) electrons. The maximum Gasteiger partial charge on any atom is 0.281 e. The first-order valence-corrected chi connectivity index (χ1v) is 3.15. The Kier molecular flexibility index (Phi) is 4.97. The van der Waals surface area contributed by atoms with E-state index in [9.17, 15) is 0 Å². The topological polar surface area (TPSA) is 47.6 Å². The van der Waals surface area contributed by atoms with Crippen molar-refractivity contribution in [1.82, 2.24) is 0 Å². The number of nitrogens with zero attached hydrogens (tertiary/aromatic N) is 1. The maximum absolute atomic E-state index is 5.24. The molecule has 0 atom stereocenters. The zero-order valence-electron chi connectivity index (χ0n) is 6.05. The Balaban J connectivity index is 3.21. The molecule has 3 heteroatoms. The van der Waals surface area contributed by atoms with Gasteiger partial charge in [0, 0.05) is 6.54 Å². The number of unbranched alkanes of at least 4 members (excludes halogenated alkanes) is 1. The minimum atomic E-state index is 0.281. The fourth-order valence-corrected chi connectivity index (χ4v) is 0.412. The van der Waals surface area contributed by atoms with Gasteiger partial charge in [-0.2, -0.15) is 0 Å². The van der Waals surface area contributed by atoms with Gasteiger partial charge in [-0.1, -0.05) is 13.3 Å². The first-order valence-electron chi connectivity index (χ1n) is 3.15. The van der Waals surface area contributed by atoms with Crippen LogP contribution < -0.4 is 5.73 Å². The summed E-state index contributed by atoms with van der Waals surface area (Å²) in [5.74, 6) is 0. The van der Waals surface area contributed by atoms with Crippen molar-refractivity contribution in [2.45, 2.75) is 19.8 Å². The summed E-state index contributed by atoms with van der Waals surface area (Å²) >= 11 is 0. The van der Waals surface area contributed by atoms with Gasteiger partial charge in [-0.05, 0) is 6.42 Å². The third-order valence-electron chi connectivity index (χ3n) is 0.988. The molecule has 0 aliphatic rings. The van der Waals surface area contributed by atoms with Crippen LogP contribution in [-0.4, -0.2) is 19.7 Å². The number of amidine groups is 1. The maximum atomic E-state index is 5.24. The van der Waals surface area contributed by atoms with Crippen molar-refractivity contribution in [2.24, 2.45) is 10.7 Å². The lowest BCUT2D eigenvalue weighted by atomic mass is 10.3. The number of aliphatic imine (C=N–C) groups is 1. The molecular weight excluding hydrogens is 116 g/mol. The van der Waals surface area contributed by atoms with E-state index in [4.69, 9.17) is 5.73 Å². The summed E-state index contributed by atoms with van der Waals surface area (Å²) in [5.41, 5.74) is 5.24. The average Bonchev–Trinajstić information content (AvgIpc) is 1.89. The highest BCUT2D eigenvalue weighted by Crippen LogP contribution is 1.86. The van der Waals surface area contributed by atoms with E-state index < -0.39 is 0 Å². The SMILES string of the molecule is CCCCN=C(N)OC. The first kappa shape index (κ1) is 8.27. The van der Waals surface area contributed by atoms with Crippen LogP contribution in [0.15, 0.2) is 4.99 Å². The molecule has 0 spiro atoms. The molecule has 0 aromatic carbocycles. The van der Waals surface area contributed by atoms with E-state index in [1.165, 1.54) is 7.11 Å². The smallest absolute Gasteiger partial charge is 0.281 e. The van der Waals surface area contributed by atoms with Crippen molar-refractivity contribution in [3.63, 3.8) is 0 Å². The number of hydrogen-bond donors (Lipinski definition) is 1. The van der Waals surface area contributed by atoms with Gasteiger partial charge in [0.2, 0.25) is 0 Å². The van der Waals surface area contributed by atoms with Gasteiger partial charge in [-0.25, -0.2) is 4.99 Å². The number of rotatable bonds is 3. The van der Waals surface area contributed by atoms with Crippen LogP contribution in [0.5, 0.6) is 0 Å². The second kappa shape index (κ2) is 5.41. The summed E-state index contributed by atoms with van der Waals surface area (Å²) in [7, 11) is 1.52. The molecular formula is C6H14N2O. The molecule has 0 aliphatic carbocycles. The second-order valence-corrected chi connectivity index (χ2v) is 1.78.